The van der Waals surface area contributed by atoms with Crippen molar-refractivity contribution in [2.45, 2.75) is 51.2 Å². The molecule has 1 amide bonds. The highest BCUT2D eigenvalue weighted by molar-refractivity contribution is 7.09. The fourth-order valence-electron chi connectivity index (χ4n) is 2.83. The van der Waals surface area contributed by atoms with Crippen LogP contribution in [0.3, 0.4) is 0 Å². The Bertz CT molecular complexity index is 531. The molecule has 1 aromatic rings. The van der Waals surface area contributed by atoms with Crippen molar-refractivity contribution in [2.75, 3.05) is 13.7 Å². The number of nitrogens with zero attached hydrogens (tertiary/aromatic N) is 2. The fourth-order valence-corrected chi connectivity index (χ4v) is 3.48. The molecule has 1 aliphatic heterocycles. The lowest BCUT2D eigenvalue weighted by Crippen LogP contribution is -2.37. The van der Waals surface area contributed by atoms with Gasteiger partial charge in [0.05, 0.1) is 23.2 Å². The predicted octanol–water partition coefficient (Wildman–Crippen LogP) is 1.86. The van der Waals surface area contributed by atoms with E-state index in [-0.39, 0.29) is 24.5 Å². The Balaban J connectivity index is 1.85. The van der Waals surface area contributed by atoms with Crippen LogP contribution in [0.4, 0.5) is 0 Å². The minimum atomic E-state index is -0.877. The Labute approximate surface area is 134 Å². The number of aliphatic carboxylic acids is 1. The number of aromatic nitrogens is 1. The van der Waals surface area contributed by atoms with Gasteiger partial charge in [0.15, 0.2) is 0 Å². The lowest BCUT2D eigenvalue weighted by atomic mass is 10.1. The van der Waals surface area contributed by atoms with Crippen molar-refractivity contribution >= 4 is 23.2 Å². The summed E-state index contributed by atoms with van der Waals surface area (Å²) in [7, 11) is 1.60. The highest BCUT2D eigenvalue weighted by atomic mass is 32.1. The number of hydrogen-bond acceptors (Lipinski definition) is 5. The van der Waals surface area contributed by atoms with Crippen LogP contribution in [0.1, 0.15) is 36.4 Å². The molecule has 0 spiro atoms. The maximum atomic E-state index is 12.4. The van der Waals surface area contributed by atoms with E-state index in [4.69, 9.17) is 9.84 Å². The van der Waals surface area contributed by atoms with Crippen LogP contribution in [0.5, 0.6) is 0 Å². The second kappa shape index (κ2) is 7.69. The van der Waals surface area contributed by atoms with Gasteiger partial charge in [-0.05, 0) is 26.2 Å². The van der Waals surface area contributed by atoms with E-state index in [0.29, 0.717) is 19.4 Å². The number of carbonyl (C=O) groups is 2. The number of ether oxygens (including phenoxy) is 1. The molecule has 1 aliphatic rings. The molecule has 1 N–H and O–H groups in total. The van der Waals surface area contributed by atoms with Gasteiger partial charge in [0, 0.05) is 31.5 Å². The summed E-state index contributed by atoms with van der Waals surface area (Å²) in [5.74, 6) is -0.866. The zero-order valence-electron chi connectivity index (χ0n) is 12.9. The molecule has 6 nitrogen and oxygen atoms in total. The summed E-state index contributed by atoms with van der Waals surface area (Å²) in [4.78, 5) is 29.3. The van der Waals surface area contributed by atoms with Crippen LogP contribution in [-0.2, 0) is 20.7 Å². The molecular formula is C15H22N2O4S. The van der Waals surface area contributed by atoms with Gasteiger partial charge in [-0.2, -0.15) is 0 Å². The third-order valence-corrected chi connectivity index (χ3v) is 4.75. The van der Waals surface area contributed by atoms with Crippen LogP contribution < -0.4 is 0 Å². The Kier molecular flexibility index (Phi) is 5.90. The fraction of sp³-hybridized carbons (Fsp3) is 0.667. The predicted molar refractivity (Wildman–Crippen MR) is 83.0 cm³/mol. The van der Waals surface area contributed by atoms with Crippen molar-refractivity contribution in [3.8, 4) is 0 Å². The zero-order valence-corrected chi connectivity index (χ0v) is 13.8. The Hall–Kier alpha value is -1.47. The van der Waals surface area contributed by atoms with Crippen molar-refractivity contribution in [2.24, 2.45) is 0 Å². The molecule has 1 aromatic heterocycles. The van der Waals surface area contributed by atoms with E-state index >= 15 is 0 Å². The molecule has 1 saturated heterocycles. The van der Waals surface area contributed by atoms with Crippen LogP contribution in [0.25, 0.3) is 0 Å². The highest BCUT2D eigenvalue weighted by Gasteiger charge is 2.36. The molecule has 2 atom stereocenters. The number of carboxylic acid groups (broad SMARTS) is 1. The van der Waals surface area contributed by atoms with Crippen molar-refractivity contribution in [3.63, 3.8) is 0 Å². The van der Waals surface area contributed by atoms with E-state index < -0.39 is 5.97 Å². The lowest BCUT2D eigenvalue weighted by molar-refractivity contribution is -0.139. The van der Waals surface area contributed by atoms with Gasteiger partial charge >= 0.3 is 5.97 Å². The minimum absolute atomic E-state index is 0.0118. The quantitative estimate of drug-likeness (QED) is 0.827. The number of rotatable bonds is 7. The second-order valence-electron chi connectivity index (χ2n) is 5.60. The van der Waals surface area contributed by atoms with E-state index in [1.807, 2.05) is 12.3 Å². The first-order valence-corrected chi connectivity index (χ1v) is 8.32. The smallest absolute Gasteiger partial charge is 0.305 e. The van der Waals surface area contributed by atoms with Gasteiger partial charge in [0.1, 0.15) is 0 Å². The molecule has 7 heteroatoms. The van der Waals surface area contributed by atoms with Gasteiger partial charge < -0.3 is 14.7 Å². The first-order chi connectivity index (χ1) is 10.5. The largest absolute Gasteiger partial charge is 0.481 e. The normalized spacial score (nSPS) is 21.3. The van der Waals surface area contributed by atoms with Gasteiger partial charge in [-0.1, -0.05) is 0 Å². The molecule has 1 fully saturated rings. The van der Waals surface area contributed by atoms with Gasteiger partial charge in [0.2, 0.25) is 5.91 Å². The summed E-state index contributed by atoms with van der Waals surface area (Å²) in [6, 6.07) is -0.253. The first-order valence-electron chi connectivity index (χ1n) is 7.44. The van der Waals surface area contributed by atoms with Crippen LogP contribution in [0, 0.1) is 6.92 Å². The second-order valence-corrected chi connectivity index (χ2v) is 6.66. The average molecular weight is 326 g/mol. The van der Waals surface area contributed by atoms with Gasteiger partial charge in [-0.25, -0.2) is 4.98 Å². The summed E-state index contributed by atoms with van der Waals surface area (Å²) in [6.07, 6.45) is 2.45. The summed E-state index contributed by atoms with van der Waals surface area (Å²) >= 11 is 1.61. The van der Waals surface area contributed by atoms with Gasteiger partial charge in [0.25, 0.3) is 0 Å². The van der Waals surface area contributed by atoms with Crippen molar-refractivity contribution in [1.29, 1.82) is 0 Å². The molecule has 2 heterocycles. The maximum Gasteiger partial charge on any atom is 0.305 e. The van der Waals surface area contributed by atoms with Gasteiger partial charge in [-0.3, -0.25) is 9.59 Å². The van der Waals surface area contributed by atoms with E-state index in [2.05, 4.69) is 4.98 Å². The summed E-state index contributed by atoms with van der Waals surface area (Å²) < 4.78 is 5.28. The summed E-state index contributed by atoms with van der Waals surface area (Å²) in [5.41, 5.74) is 1.02. The number of methoxy groups -OCH3 is 1. The Morgan fingerprint density at radius 1 is 1.55 bits per heavy atom. The molecule has 22 heavy (non-hydrogen) atoms. The van der Waals surface area contributed by atoms with E-state index in [9.17, 15) is 9.59 Å². The van der Waals surface area contributed by atoms with Crippen molar-refractivity contribution in [3.05, 3.63) is 16.1 Å². The van der Waals surface area contributed by atoms with Crippen molar-refractivity contribution < 1.29 is 19.4 Å². The van der Waals surface area contributed by atoms with E-state index in [1.54, 1.807) is 23.3 Å². The number of thiazole rings is 1. The average Bonchev–Trinajstić information content (AvgIpc) is 3.04. The van der Waals surface area contributed by atoms with E-state index in [0.717, 1.165) is 23.5 Å². The summed E-state index contributed by atoms with van der Waals surface area (Å²) in [6.45, 7) is 2.45. The van der Waals surface area contributed by atoms with Crippen LogP contribution in [-0.4, -0.2) is 52.7 Å². The lowest BCUT2D eigenvalue weighted by Gasteiger charge is -2.23. The molecule has 0 saturated carbocycles. The highest BCUT2D eigenvalue weighted by Crippen LogP contribution is 2.24. The number of carbonyl (C=O) groups excluding carboxylic acids is 1. The Morgan fingerprint density at radius 3 is 2.91 bits per heavy atom. The zero-order chi connectivity index (χ0) is 16.1. The van der Waals surface area contributed by atoms with Crippen LogP contribution >= 0.6 is 11.3 Å². The molecule has 2 unspecified atom stereocenters. The number of aryl methyl sites for hydroxylation is 2. The third-order valence-electron chi connectivity index (χ3n) is 3.93. The molecular weight excluding hydrogens is 304 g/mol. The van der Waals surface area contributed by atoms with Crippen LogP contribution in [0.2, 0.25) is 0 Å². The molecule has 0 aromatic carbocycles. The number of amides is 1. The summed E-state index contributed by atoms with van der Waals surface area (Å²) in [5, 5.41) is 12.0. The standard InChI is InChI=1S/C15H22N2O4S/c1-10-16-11(9-22-10)4-3-5-14(18)17-8-13(21-2)6-12(17)7-15(19)20/h9,12-13H,3-8H2,1-2H3,(H,19,20). The molecule has 0 bridgehead atoms. The van der Waals surface area contributed by atoms with Gasteiger partial charge in [-0.15, -0.1) is 11.3 Å². The molecule has 2 rings (SSSR count). The van der Waals surface area contributed by atoms with Crippen molar-refractivity contribution in [1.82, 2.24) is 9.88 Å². The molecule has 0 aliphatic carbocycles. The Morgan fingerprint density at radius 2 is 2.32 bits per heavy atom. The minimum Gasteiger partial charge on any atom is -0.481 e. The number of hydrogen-bond donors (Lipinski definition) is 1. The monoisotopic (exact) mass is 326 g/mol. The maximum absolute atomic E-state index is 12.4. The number of carboxylic acids is 1. The third kappa shape index (κ3) is 4.51. The topological polar surface area (TPSA) is 79.7 Å². The number of likely N-dealkylation sites (tertiary alicyclic amines) is 1. The molecule has 0 radical (unpaired) electrons. The first kappa shape index (κ1) is 16.9. The molecule has 122 valence electrons. The SMILES string of the molecule is COC1CC(CC(=O)O)N(C(=O)CCCc2csc(C)n2)C1. The van der Waals surface area contributed by atoms with E-state index in [1.165, 1.54) is 0 Å². The van der Waals surface area contributed by atoms with Crippen LogP contribution in [0.15, 0.2) is 5.38 Å².